The Balaban J connectivity index is 2.45. The molecule has 21 heavy (non-hydrogen) atoms. The number of aliphatic hydroxyl groups excluding tert-OH is 1. The highest BCUT2D eigenvalue weighted by Gasteiger charge is 2.14. The fourth-order valence-electron chi connectivity index (χ4n) is 2.03. The first-order valence-corrected chi connectivity index (χ1v) is 7.46. The highest BCUT2D eigenvalue weighted by atomic mass is 16.5. The zero-order valence-corrected chi connectivity index (χ0v) is 13.7. The molecule has 0 spiro atoms. The van der Waals surface area contributed by atoms with Crippen molar-refractivity contribution in [2.24, 2.45) is 5.92 Å². The van der Waals surface area contributed by atoms with Crippen LogP contribution in [0.2, 0.25) is 0 Å². The summed E-state index contributed by atoms with van der Waals surface area (Å²) in [5.74, 6) is 0.846. The number of rotatable bonds is 7. The first-order valence-electron chi connectivity index (χ1n) is 7.46. The van der Waals surface area contributed by atoms with E-state index in [-0.39, 0.29) is 24.5 Å². The number of hydrogen-bond donors (Lipinski definition) is 2. The summed E-state index contributed by atoms with van der Waals surface area (Å²) < 4.78 is 5.73. The Morgan fingerprint density at radius 3 is 2.57 bits per heavy atom. The highest BCUT2D eigenvalue weighted by molar-refractivity contribution is 5.76. The van der Waals surface area contributed by atoms with Gasteiger partial charge in [0.2, 0.25) is 5.91 Å². The molecule has 0 aliphatic rings. The van der Waals surface area contributed by atoms with Gasteiger partial charge in [-0.1, -0.05) is 13.0 Å². The molecule has 2 atom stereocenters. The van der Waals surface area contributed by atoms with Crippen molar-refractivity contribution in [2.45, 2.75) is 47.1 Å². The van der Waals surface area contributed by atoms with Crippen LogP contribution in [0.3, 0.4) is 0 Å². The third-order valence-corrected chi connectivity index (χ3v) is 3.88. The van der Waals surface area contributed by atoms with E-state index in [4.69, 9.17) is 9.84 Å². The third kappa shape index (κ3) is 5.38. The molecule has 1 amide bonds. The van der Waals surface area contributed by atoms with Gasteiger partial charge in [0.25, 0.3) is 0 Å². The quantitative estimate of drug-likeness (QED) is 0.812. The number of amides is 1. The minimum absolute atomic E-state index is 0.0366. The topological polar surface area (TPSA) is 58.6 Å². The van der Waals surface area contributed by atoms with Gasteiger partial charge in [-0.15, -0.1) is 0 Å². The van der Waals surface area contributed by atoms with E-state index in [0.717, 1.165) is 16.9 Å². The molecule has 0 bridgehead atoms. The lowest BCUT2D eigenvalue weighted by Crippen LogP contribution is -2.38. The molecule has 4 nitrogen and oxygen atoms in total. The second-order valence-corrected chi connectivity index (χ2v) is 5.82. The van der Waals surface area contributed by atoms with Crippen LogP contribution in [0.5, 0.6) is 5.75 Å². The Morgan fingerprint density at radius 1 is 1.29 bits per heavy atom. The second-order valence-electron chi connectivity index (χ2n) is 5.82. The van der Waals surface area contributed by atoms with Gasteiger partial charge in [-0.25, -0.2) is 0 Å². The summed E-state index contributed by atoms with van der Waals surface area (Å²) >= 11 is 0. The van der Waals surface area contributed by atoms with Gasteiger partial charge in [0.1, 0.15) is 5.75 Å². The predicted octanol–water partition coefficient (Wildman–Crippen LogP) is 2.51. The fourth-order valence-corrected chi connectivity index (χ4v) is 2.03. The molecule has 1 aromatic carbocycles. The van der Waals surface area contributed by atoms with E-state index in [1.165, 1.54) is 5.56 Å². The molecule has 0 aromatic heterocycles. The van der Waals surface area contributed by atoms with E-state index in [1.54, 1.807) is 0 Å². The summed E-state index contributed by atoms with van der Waals surface area (Å²) in [6.45, 7) is 10.3. The minimum atomic E-state index is -0.0511. The van der Waals surface area contributed by atoms with Crippen LogP contribution in [0.1, 0.15) is 37.0 Å². The summed E-state index contributed by atoms with van der Waals surface area (Å²) in [5, 5.41) is 11.9. The van der Waals surface area contributed by atoms with Crippen LogP contribution in [-0.4, -0.2) is 30.3 Å². The third-order valence-electron chi connectivity index (χ3n) is 3.88. The molecule has 0 aliphatic heterocycles. The van der Waals surface area contributed by atoms with Crippen molar-refractivity contribution in [3.63, 3.8) is 0 Å². The Labute approximate surface area is 127 Å². The fraction of sp³-hybridized carbons (Fsp3) is 0.588. The number of aryl methyl sites for hydroxylation is 2. The van der Waals surface area contributed by atoms with Crippen LogP contribution in [0.4, 0.5) is 0 Å². The largest absolute Gasteiger partial charge is 0.493 e. The summed E-state index contributed by atoms with van der Waals surface area (Å²) in [6.07, 6.45) is 0.314. The highest BCUT2D eigenvalue weighted by Crippen LogP contribution is 2.23. The average molecular weight is 293 g/mol. The molecular weight excluding hydrogens is 266 g/mol. The Hall–Kier alpha value is -1.55. The van der Waals surface area contributed by atoms with E-state index in [9.17, 15) is 4.79 Å². The lowest BCUT2D eigenvalue weighted by molar-refractivity contribution is -0.122. The van der Waals surface area contributed by atoms with Crippen LogP contribution in [0.25, 0.3) is 0 Å². The molecule has 1 aromatic rings. The number of ether oxygens (including phenoxy) is 1. The predicted molar refractivity (Wildman–Crippen MR) is 84.6 cm³/mol. The van der Waals surface area contributed by atoms with Gasteiger partial charge < -0.3 is 15.2 Å². The average Bonchev–Trinajstić information content (AvgIpc) is 2.42. The maximum Gasteiger partial charge on any atom is 0.223 e. The van der Waals surface area contributed by atoms with Crippen LogP contribution >= 0.6 is 0 Å². The molecule has 2 unspecified atom stereocenters. The van der Waals surface area contributed by atoms with Gasteiger partial charge >= 0.3 is 0 Å². The SMILES string of the molecule is Cc1cc(C)c(C)c(OCCC(=O)NC(C)C(C)CO)c1. The molecule has 118 valence electrons. The number of nitrogens with one attached hydrogen (secondary N) is 1. The van der Waals surface area contributed by atoms with Crippen LogP contribution < -0.4 is 10.1 Å². The second kappa shape index (κ2) is 8.03. The van der Waals surface area contributed by atoms with Crippen LogP contribution in [0, 0.1) is 26.7 Å². The first-order chi connectivity index (χ1) is 9.85. The van der Waals surface area contributed by atoms with Crippen molar-refractivity contribution in [1.82, 2.24) is 5.32 Å². The standard InChI is InChI=1S/C17H27NO3/c1-11-8-12(2)14(4)16(9-11)21-7-6-17(20)18-15(5)13(3)10-19/h8-9,13,15,19H,6-7,10H2,1-5H3,(H,18,20). The molecule has 0 aliphatic carbocycles. The monoisotopic (exact) mass is 293 g/mol. The Kier molecular flexibility index (Phi) is 6.69. The Morgan fingerprint density at radius 2 is 1.95 bits per heavy atom. The molecule has 2 N–H and O–H groups in total. The van der Waals surface area contributed by atoms with Gasteiger partial charge in [-0.3, -0.25) is 4.79 Å². The van der Waals surface area contributed by atoms with Gasteiger partial charge in [0, 0.05) is 12.6 Å². The summed E-state index contributed by atoms with van der Waals surface area (Å²) in [5.41, 5.74) is 3.46. The molecule has 0 heterocycles. The lowest BCUT2D eigenvalue weighted by atomic mass is 10.1. The summed E-state index contributed by atoms with van der Waals surface area (Å²) in [6, 6.07) is 4.08. The van der Waals surface area contributed by atoms with Crippen molar-refractivity contribution < 1.29 is 14.6 Å². The van der Waals surface area contributed by atoms with Gasteiger partial charge in [0.15, 0.2) is 0 Å². The first kappa shape index (κ1) is 17.5. The van der Waals surface area contributed by atoms with Crippen LogP contribution in [0.15, 0.2) is 12.1 Å². The van der Waals surface area contributed by atoms with Gasteiger partial charge in [-0.05, 0) is 56.4 Å². The summed E-state index contributed by atoms with van der Waals surface area (Å²) in [4.78, 5) is 11.8. The van der Waals surface area contributed by atoms with E-state index in [0.29, 0.717) is 13.0 Å². The maximum absolute atomic E-state index is 11.8. The van der Waals surface area contributed by atoms with Gasteiger partial charge in [0.05, 0.1) is 13.0 Å². The number of carbonyl (C=O) groups is 1. The van der Waals surface area contributed by atoms with E-state index < -0.39 is 0 Å². The number of aliphatic hydroxyl groups is 1. The van der Waals surface area contributed by atoms with Crippen LogP contribution in [-0.2, 0) is 4.79 Å². The molecule has 0 radical (unpaired) electrons. The minimum Gasteiger partial charge on any atom is -0.493 e. The molecule has 4 heteroatoms. The van der Waals surface area contributed by atoms with Crippen molar-refractivity contribution in [3.8, 4) is 5.75 Å². The smallest absolute Gasteiger partial charge is 0.223 e. The molecule has 0 saturated carbocycles. The molecule has 0 saturated heterocycles. The molecule has 0 fully saturated rings. The van der Waals surface area contributed by atoms with Crippen molar-refractivity contribution in [3.05, 3.63) is 28.8 Å². The number of benzene rings is 1. The van der Waals surface area contributed by atoms with Crippen molar-refractivity contribution >= 4 is 5.91 Å². The summed E-state index contributed by atoms with van der Waals surface area (Å²) in [7, 11) is 0. The zero-order chi connectivity index (χ0) is 16.0. The molecule has 1 rings (SSSR count). The number of hydrogen-bond acceptors (Lipinski definition) is 3. The maximum atomic E-state index is 11.8. The van der Waals surface area contributed by atoms with Crippen molar-refractivity contribution in [1.29, 1.82) is 0 Å². The van der Waals surface area contributed by atoms with E-state index in [2.05, 4.69) is 18.3 Å². The number of carbonyl (C=O) groups excluding carboxylic acids is 1. The van der Waals surface area contributed by atoms with E-state index in [1.807, 2.05) is 33.8 Å². The Bertz CT molecular complexity index is 485. The molecular formula is C17H27NO3. The van der Waals surface area contributed by atoms with Crippen molar-refractivity contribution in [2.75, 3.05) is 13.2 Å². The lowest BCUT2D eigenvalue weighted by Gasteiger charge is -2.19. The zero-order valence-electron chi connectivity index (χ0n) is 13.7. The normalized spacial score (nSPS) is 13.6. The van der Waals surface area contributed by atoms with Gasteiger partial charge in [-0.2, -0.15) is 0 Å². The van der Waals surface area contributed by atoms with E-state index >= 15 is 0 Å².